The second-order valence-corrected chi connectivity index (χ2v) is 6.32. The summed E-state index contributed by atoms with van der Waals surface area (Å²) in [6, 6.07) is 7.58. The maximum absolute atomic E-state index is 9.95. The van der Waals surface area contributed by atoms with Crippen LogP contribution in [0.3, 0.4) is 0 Å². The van der Waals surface area contributed by atoms with Gasteiger partial charge in [0.1, 0.15) is 11.5 Å². The summed E-state index contributed by atoms with van der Waals surface area (Å²) < 4.78 is 5.21. The molecule has 2 N–H and O–H groups in total. The largest absolute Gasteiger partial charge is 0.508 e. The number of nitrogens with one attached hydrogen (secondary N) is 1. The van der Waals surface area contributed by atoms with Crippen LogP contribution in [0, 0.1) is 13.8 Å². The van der Waals surface area contributed by atoms with Crippen LogP contribution in [0.25, 0.3) is 0 Å². The van der Waals surface area contributed by atoms with Crippen LogP contribution in [0.1, 0.15) is 33.8 Å². The van der Waals surface area contributed by atoms with Gasteiger partial charge in [-0.3, -0.25) is 0 Å². The number of ether oxygens (including phenoxy) is 1. The smallest absolute Gasteiger partial charge is 0.120 e. The van der Waals surface area contributed by atoms with Crippen molar-refractivity contribution in [1.82, 2.24) is 5.32 Å². The van der Waals surface area contributed by atoms with Gasteiger partial charge in [-0.15, -0.1) is 11.3 Å². The molecule has 0 bridgehead atoms. The number of hydrogen-bond donors (Lipinski definition) is 2. The number of phenolic OH excluding ortho intramolecular Hbond substituents is 1. The summed E-state index contributed by atoms with van der Waals surface area (Å²) in [6.45, 7) is 7.12. The fourth-order valence-electron chi connectivity index (χ4n) is 2.11. The number of hydrogen-bond acceptors (Lipinski definition) is 4. The molecule has 4 heteroatoms. The van der Waals surface area contributed by atoms with E-state index in [2.05, 4.69) is 25.2 Å². The fourth-order valence-corrected chi connectivity index (χ4v) is 3.11. The molecular formula is C16H21NO2S. The third-order valence-electron chi connectivity index (χ3n) is 3.50. The van der Waals surface area contributed by atoms with Crippen molar-refractivity contribution in [2.45, 2.75) is 33.4 Å². The van der Waals surface area contributed by atoms with Crippen LogP contribution in [0.4, 0.5) is 0 Å². The number of aromatic hydroxyl groups is 1. The first-order chi connectivity index (χ1) is 9.51. The number of thiophene rings is 1. The van der Waals surface area contributed by atoms with Crippen molar-refractivity contribution in [1.29, 1.82) is 0 Å². The van der Waals surface area contributed by atoms with Gasteiger partial charge in [0, 0.05) is 27.9 Å². The lowest BCUT2D eigenvalue weighted by Crippen LogP contribution is -2.17. The number of methoxy groups -OCH3 is 1. The van der Waals surface area contributed by atoms with E-state index in [9.17, 15) is 5.11 Å². The van der Waals surface area contributed by atoms with Crippen molar-refractivity contribution < 1.29 is 9.84 Å². The Hall–Kier alpha value is -1.52. The normalized spacial score (nSPS) is 12.4. The zero-order valence-electron chi connectivity index (χ0n) is 12.4. The van der Waals surface area contributed by atoms with Crippen molar-refractivity contribution in [3.05, 3.63) is 45.1 Å². The third-order valence-corrected chi connectivity index (χ3v) is 4.65. The number of rotatable bonds is 5. The average Bonchev–Trinajstić information content (AvgIpc) is 2.76. The van der Waals surface area contributed by atoms with E-state index in [4.69, 9.17) is 4.74 Å². The van der Waals surface area contributed by atoms with Crippen molar-refractivity contribution in [3.8, 4) is 11.5 Å². The molecule has 0 saturated heterocycles. The maximum atomic E-state index is 9.95. The molecule has 108 valence electrons. The minimum atomic E-state index is 0.0628. The molecule has 0 aliphatic rings. The summed E-state index contributed by atoms with van der Waals surface area (Å²) in [5.41, 5.74) is 2.19. The molecule has 2 aromatic rings. The van der Waals surface area contributed by atoms with Crippen molar-refractivity contribution in [3.63, 3.8) is 0 Å². The van der Waals surface area contributed by atoms with E-state index < -0.39 is 0 Å². The lowest BCUT2D eigenvalue weighted by molar-refractivity contribution is 0.407. The van der Waals surface area contributed by atoms with Gasteiger partial charge in [-0.1, -0.05) is 0 Å². The first-order valence-corrected chi connectivity index (χ1v) is 7.49. The second-order valence-electron chi connectivity index (χ2n) is 4.98. The van der Waals surface area contributed by atoms with E-state index in [1.54, 1.807) is 19.2 Å². The molecule has 0 fully saturated rings. The molecule has 0 amide bonds. The first-order valence-electron chi connectivity index (χ1n) is 6.67. The van der Waals surface area contributed by atoms with Crippen LogP contribution >= 0.6 is 11.3 Å². The van der Waals surface area contributed by atoms with Crippen molar-refractivity contribution in [2.75, 3.05) is 7.11 Å². The van der Waals surface area contributed by atoms with E-state index in [0.717, 1.165) is 17.9 Å². The molecule has 0 aliphatic heterocycles. The quantitative estimate of drug-likeness (QED) is 0.877. The molecule has 3 nitrogen and oxygen atoms in total. The fraction of sp³-hybridized carbons (Fsp3) is 0.375. The van der Waals surface area contributed by atoms with Gasteiger partial charge < -0.3 is 15.2 Å². The summed E-state index contributed by atoms with van der Waals surface area (Å²) in [6.07, 6.45) is 0. The van der Waals surface area contributed by atoms with E-state index in [0.29, 0.717) is 5.75 Å². The molecule has 1 heterocycles. The zero-order valence-corrected chi connectivity index (χ0v) is 13.2. The molecule has 20 heavy (non-hydrogen) atoms. The first kappa shape index (κ1) is 14.9. The highest BCUT2D eigenvalue weighted by Crippen LogP contribution is 2.29. The van der Waals surface area contributed by atoms with Crippen LogP contribution in [-0.4, -0.2) is 12.2 Å². The molecular weight excluding hydrogens is 270 g/mol. The van der Waals surface area contributed by atoms with E-state index in [1.807, 2.05) is 24.3 Å². The van der Waals surface area contributed by atoms with Gasteiger partial charge in [0.15, 0.2) is 0 Å². The van der Waals surface area contributed by atoms with E-state index >= 15 is 0 Å². The number of aryl methyl sites for hydroxylation is 2. The Labute approximate surface area is 124 Å². The Kier molecular flexibility index (Phi) is 4.68. The van der Waals surface area contributed by atoms with Gasteiger partial charge in [0.2, 0.25) is 0 Å². The second kappa shape index (κ2) is 6.29. The lowest BCUT2D eigenvalue weighted by atomic mass is 10.1. The number of phenols is 1. The highest BCUT2D eigenvalue weighted by Gasteiger charge is 2.12. The predicted molar refractivity (Wildman–Crippen MR) is 83.7 cm³/mol. The third kappa shape index (κ3) is 3.32. The molecule has 0 spiro atoms. The van der Waals surface area contributed by atoms with E-state index in [-0.39, 0.29) is 6.04 Å². The standard InChI is InChI=1S/C16H21NO2S/c1-10-7-14(20-12(10)3)9-17-11(2)15-8-13(19-4)5-6-16(15)18/h5-8,11,17-18H,9H2,1-4H3. The van der Waals surface area contributed by atoms with Crippen LogP contribution < -0.4 is 10.1 Å². The van der Waals surface area contributed by atoms with Gasteiger partial charge in [-0.2, -0.15) is 0 Å². The highest BCUT2D eigenvalue weighted by atomic mass is 32.1. The predicted octanol–water partition coefficient (Wildman–Crippen LogP) is 3.93. The Bertz CT molecular complexity index is 573. The van der Waals surface area contributed by atoms with Crippen LogP contribution in [0.2, 0.25) is 0 Å². The maximum Gasteiger partial charge on any atom is 0.120 e. The Morgan fingerprint density at radius 3 is 2.65 bits per heavy atom. The molecule has 1 aromatic carbocycles. The van der Waals surface area contributed by atoms with Crippen molar-refractivity contribution in [2.24, 2.45) is 0 Å². The zero-order chi connectivity index (χ0) is 14.7. The van der Waals surface area contributed by atoms with Crippen LogP contribution in [-0.2, 0) is 6.54 Å². The Balaban J connectivity index is 2.06. The van der Waals surface area contributed by atoms with Gasteiger partial charge in [-0.25, -0.2) is 0 Å². The number of benzene rings is 1. The minimum absolute atomic E-state index is 0.0628. The van der Waals surface area contributed by atoms with Crippen molar-refractivity contribution >= 4 is 11.3 Å². The summed E-state index contributed by atoms with van der Waals surface area (Å²) in [5, 5.41) is 13.4. The Morgan fingerprint density at radius 1 is 1.30 bits per heavy atom. The summed E-state index contributed by atoms with van der Waals surface area (Å²) >= 11 is 1.81. The van der Waals surface area contributed by atoms with Crippen LogP contribution in [0.5, 0.6) is 11.5 Å². The topological polar surface area (TPSA) is 41.5 Å². The monoisotopic (exact) mass is 291 g/mol. The highest BCUT2D eigenvalue weighted by molar-refractivity contribution is 7.12. The molecule has 0 radical (unpaired) electrons. The summed E-state index contributed by atoms with van der Waals surface area (Å²) in [7, 11) is 1.63. The summed E-state index contributed by atoms with van der Waals surface area (Å²) in [4.78, 5) is 2.67. The van der Waals surface area contributed by atoms with E-state index in [1.165, 1.54) is 15.3 Å². The molecule has 1 atom stereocenters. The molecule has 1 unspecified atom stereocenters. The Morgan fingerprint density at radius 2 is 2.05 bits per heavy atom. The molecule has 0 aliphatic carbocycles. The molecule has 0 saturated carbocycles. The SMILES string of the molecule is COc1ccc(O)c(C(C)NCc2cc(C)c(C)s2)c1. The average molecular weight is 291 g/mol. The minimum Gasteiger partial charge on any atom is -0.508 e. The molecule has 1 aromatic heterocycles. The lowest BCUT2D eigenvalue weighted by Gasteiger charge is -2.16. The van der Waals surface area contributed by atoms with Gasteiger partial charge in [0.05, 0.1) is 7.11 Å². The van der Waals surface area contributed by atoms with Gasteiger partial charge >= 0.3 is 0 Å². The molecule has 2 rings (SSSR count). The van der Waals surface area contributed by atoms with Gasteiger partial charge in [0.25, 0.3) is 0 Å². The summed E-state index contributed by atoms with van der Waals surface area (Å²) in [5.74, 6) is 1.05. The van der Waals surface area contributed by atoms with Gasteiger partial charge in [-0.05, 0) is 50.6 Å². The van der Waals surface area contributed by atoms with Crippen LogP contribution in [0.15, 0.2) is 24.3 Å².